The lowest BCUT2D eigenvalue weighted by molar-refractivity contribution is -0.123. The average molecular weight is 393 g/mol. The van der Waals surface area contributed by atoms with Gasteiger partial charge in [-0.05, 0) is 37.6 Å². The zero-order chi connectivity index (χ0) is 21.0. The van der Waals surface area contributed by atoms with Crippen molar-refractivity contribution in [3.05, 3.63) is 59.9 Å². The van der Waals surface area contributed by atoms with Crippen LogP contribution in [0.15, 0.2) is 48.8 Å². The van der Waals surface area contributed by atoms with E-state index < -0.39 is 6.04 Å². The standard InChI is InChI=1S/C22H27N5O2/c1-14(2)25-22(29)19(12-15-13-24-18-10-6-5-8-16(15)18)26-21(28)17-9-7-11-23-20(17)27(3)4/h5-11,13-14,19,24H,12H2,1-4H3,(H,25,29)(H,26,28)/t19-/m1/s1. The van der Waals surface area contributed by atoms with Gasteiger partial charge in [0.05, 0.1) is 5.56 Å². The molecule has 0 saturated heterocycles. The number of carbonyl (C=O) groups excluding carboxylic acids is 2. The van der Waals surface area contributed by atoms with Gasteiger partial charge in [-0.3, -0.25) is 9.59 Å². The zero-order valence-corrected chi connectivity index (χ0v) is 17.2. The molecule has 0 bridgehead atoms. The smallest absolute Gasteiger partial charge is 0.255 e. The summed E-state index contributed by atoms with van der Waals surface area (Å²) in [5.41, 5.74) is 2.40. The third-order valence-electron chi connectivity index (χ3n) is 4.61. The predicted molar refractivity (Wildman–Crippen MR) is 115 cm³/mol. The molecule has 7 nitrogen and oxygen atoms in total. The largest absolute Gasteiger partial charge is 0.362 e. The van der Waals surface area contributed by atoms with Crippen LogP contribution >= 0.6 is 0 Å². The number of benzene rings is 1. The van der Waals surface area contributed by atoms with Crippen molar-refractivity contribution in [3.63, 3.8) is 0 Å². The molecular weight excluding hydrogens is 366 g/mol. The second-order valence-electron chi connectivity index (χ2n) is 7.52. The summed E-state index contributed by atoms with van der Waals surface area (Å²) in [5.74, 6) is 0.0135. The van der Waals surface area contributed by atoms with Gasteiger partial charge in [-0.15, -0.1) is 0 Å². The SMILES string of the molecule is CC(C)NC(=O)[C@@H](Cc1c[nH]c2ccccc12)NC(=O)c1cccnc1N(C)C. The summed E-state index contributed by atoms with van der Waals surface area (Å²) >= 11 is 0. The van der Waals surface area contributed by atoms with Gasteiger partial charge in [-0.1, -0.05) is 18.2 Å². The van der Waals surface area contributed by atoms with Crippen molar-refractivity contribution in [2.24, 2.45) is 0 Å². The topological polar surface area (TPSA) is 90.1 Å². The molecule has 0 aliphatic heterocycles. The second kappa shape index (κ2) is 8.77. The molecular formula is C22H27N5O2. The Morgan fingerprint density at radius 1 is 1.10 bits per heavy atom. The number of para-hydroxylation sites is 1. The van der Waals surface area contributed by atoms with Crippen LogP contribution in [0.2, 0.25) is 0 Å². The van der Waals surface area contributed by atoms with E-state index in [0.717, 1.165) is 16.5 Å². The van der Waals surface area contributed by atoms with Crippen molar-refractivity contribution in [1.82, 2.24) is 20.6 Å². The van der Waals surface area contributed by atoms with Gasteiger partial charge >= 0.3 is 0 Å². The maximum Gasteiger partial charge on any atom is 0.255 e. The number of rotatable bonds is 7. The first-order valence-corrected chi connectivity index (χ1v) is 9.65. The van der Waals surface area contributed by atoms with E-state index in [4.69, 9.17) is 0 Å². The van der Waals surface area contributed by atoms with Gasteiger partial charge in [-0.25, -0.2) is 4.98 Å². The number of amides is 2. The second-order valence-corrected chi connectivity index (χ2v) is 7.52. The van der Waals surface area contributed by atoms with Crippen molar-refractivity contribution >= 4 is 28.5 Å². The highest BCUT2D eigenvalue weighted by molar-refractivity contribution is 6.01. The molecule has 3 rings (SSSR count). The first-order chi connectivity index (χ1) is 13.9. The van der Waals surface area contributed by atoms with Crippen molar-refractivity contribution < 1.29 is 9.59 Å². The first-order valence-electron chi connectivity index (χ1n) is 9.65. The van der Waals surface area contributed by atoms with Gasteiger partial charge in [0.2, 0.25) is 5.91 Å². The van der Waals surface area contributed by atoms with Crippen LogP contribution in [-0.4, -0.2) is 48.0 Å². The molecule has 152 valence electrons. The highest BCUT2D eigenvalue weighted by Crippen LogP contribution is 2.20. The highest BCUT2D eigenvalue weighted by atomic mass is 16.2. The van der Waals surface area contributed by atoms with E-state index in [0.29, 0.717) is 17.8 Å². The summed E-state index contributed by atoms with van der Waals surface area (Å²) in [6.45, 7) is 3.79. The van der Waals surface area contributed by atoms with Crippen LogP contribution in [0.5, 0.6) is 0 Å². The fourth-order valence-electron chi connectivity index (χ4n) is 3.28. The Labute approximate surface area is 170 Å². The Bertz CT molecular complexity index is 1010. The lowest BCUT2D eigenvalue weighted by atomic mass is 10.0. The third kappa shape index (κ3) is 4.74. The summed E-state index contributed by atoms with van der Waals surface area (Å²) < 4.78 is 0. The number of pyridine rings is 1. The molecule has 0 radical (unpaired) electrons. The van der Waals surface area contributed by atoms with E-state index in [-0.39, 0.29) is 17.9 Å². The summed E-state index contributed by atoms with van der Waals surface area (Å²) in [7, 11) is 3.65. The minimum absolute atomic E-state index is 0.0272. The van der Waals surface area contributed by atoms with Crippen molar-refractivity contribution in [2.45, 2.75) is 32.4 Å². The fourth-order valence-corrected chi connectivity index (χ4v) is 3.28. The van der Waals surface area contributed by atoms with E-state index in [1.54, 1.807) is 23.2 Å². The van der Waals surface area contributed by atoms with Crippen LogP contribution in [0.1, 0.15) is 29.8 Å². The average Bonchev–Trinajstić information content (AvgIpc) is 3.10. The van der Waals surface area contributed by atoms with Gasteiger partial charge in [0.25, 0.3) is 5.91 Å². The van der Waals surface area contributed by atoms with Crippen molar-refractivity contribution in [2.75, 3.05) is 19.0 Å². The van der Waals surface area contributed by atoms with Crippen LogP contribution in [0.3, 0.4) is 0 Å². The predicted octanol–water partition coefficient (Wildman–Crippen LogP) is 2.49. The van der Waals surface area contributed by atoms with Crippen LogP contribution in [0.4, 0.5) is 5.82 Å². The lowest BCUT2D eigenvalue weighted by Crippen LogP contribution is -2.49. The number of nitrogens with one attached hydrogen (secondary N) is 3. The molecule has 0 spiro atoms. The molecule has 2 amide bonds. The van der Waals surface area contributed by atoms with E-state index in [2.05, 4.69) is 20.6 Å². The summed E-state index contributed by atoms with van der Waals surface area (Å²) in [6.07, 6.45) is 3.91. The maximum atomic E-state index is 13.0. The van der Waals surface area contributed by atoms with Crippen molar-refractivity contribution in [3.8, 4) is 0 Å². The number of fused-ring (bicyclic) bond motifs is 1. The number of aromatic amines is 1. The minimum Gasteiger partial charge on any atom is -0.362 e. The Morgan fingerprint density at radius 2 is 1.86 bits per heavy atom. The van der Waals surface area contributed by atoms with Gasteiger partial charge in [-0.2, -0.15) is 0 Å². The van der Waals surface area contributed by atoms with Gasteiger partial charge in [0.1, 0.15) is 11.9 Å². The number of anilines is 1. The zero-order valence-electron chi connectivity index (χ0n) is 17.2. The number of H-pyrrole nitrogens is 1. The summed E-state index contributed by atoms with van der Waals surface area (Å²) in [4.78, 5) is 35.1. The molecule has 1 aromatic carbocycles. The maximum absolute atomic E-state index is 13.0. The third-order valence-corrected chi connectivity index (χ3v) is 4.61. The monoisotopic (exact) mass is 393 g/mol. The number of nitrogens with zero attached hydrogens (tertiary/aromatic N) is 2. The quantitative estimate of drug-likeness (QED) is 0.575. The van der Waals surface area contributed by atoms with E-state index in [1.807, 2.05) is 58.4 Å². The van der Waals surface area contributed by atoms with Crippen LogP contribution in [-0.2, 0) is 11.2 Å². The lowest BCUT2D eigenvalue weighted by Gasteiger charge is -2.21. The molecule has 2 heterocycles. The molecule has 3 N–H and O–H groups in total. The molecule has 0 aliphatic rings. The van der Waals surface area contributed by atoms with Gasteiger partial charge in [0, 0.05) is 49.9 Å². The van der Waals surface area contributed by atoms with Crippen molar-refractivity contribution in [1.29, 1.82) is 0 Å². The first kappa shape index (κ1) is 20.4. The normalized spacial score (nSPS) is 12.0. The van der Waals surface area contributed by atoms with Gasteiger partial charge < -0.3 is 20.5 Å². The molecule has 3 aromatic rings. The van der Waals surface area contributed by atoms with E-state index >= 15 is 0 Å². The molecule has 0 fully saturated rings. The molecule has 0 unspecified atom stereocenters. The van der Waals surface area contributed by atoms with Crippen LogP contribution in [0.25, 0.3) is 10.9 Å². The summed E-state index contributed by atoms with van der Waals surface area (Å²) in [5, 5.41) is 6.85. The molecule has 1 atom stereocenters. The Balaban J connectivity index is 1.88. The fraction of sp³-hybridized carbons (Fsp3) is 0.318. The molecule has 0 saturated carbocycles. The summed E-state index contributed by atoms with van der Waals surface area (Å²) in [6, 6.07) is 10.6. The number of aromatic nitrogens is 2. The van der Waals surface area contributed by atoms with Gasteiger partial charge in [0.15, 0.2) is 0 Å². The van der Waals surface area contributed by atoms with Crippen LogP contribution < -0.4 is 15.5 Å². The minimum atomic E-state index is -0.709. The molecule has 2 aromatic heterocycles. The van der Waals surface area contributed by atoms with E-state index in [9.17, 15) is 9.59 Å². The Kier molecular flexibility index (Phi) is 6.16. The van der Waals surface area contributed by atoms with Crippen LogP contribution in [0, 0.1) is 0 Å². The Morgan fingerprint density at radius 3 is 2.59 bits per heavy atom. The molecule has 0 aliphatic carbocycles. The number of hydrogen-bond acceptors (Lipinski definition) is 4. The highest BCUT2D eigenvalue weighted by Gasteiger charge is 2.25. The molecule has 7 heteroatoms. The molecule has 29 heavy (non-hydrogen) atoms. The Hall–Kier alpha value is -3.35. The number of hydrogen-bond donors (Lipinski definition) is 3. The van der Waals surface area contributed by atoms with E-state index in [1.165, 1.54) is 0 Å². The number of carbonyl (C=O) groups is 2.